The van der Waals surface area contributed by atoms with Crippen LogP contribution in [0.4, 0.5) is 4.79 Å². The summed E-state index contributed by atoms with van der Waals surface area (Å²) in [5.41, 5.74) is 0.494. The number of cyclic esters (lactones) is 1. The van der Waals surface area contributed by atoms with Crippen molar-refractivity contribution in [1.82, 2.24) is 5.32 Å². The van der Waals surface area contributed by atoms with Gasteiger partial charge in [0.2, 0.25) is 0 Å². The van der Waals surface area contributed by atoms with Crippen molar-refractivity contribution in [3.8, 4) is 5.75 Å². The minimum atomic E-state index is -3.75. The molecule has 1 heterocycles. The minimum absolute atomic E-state index is 0.0514. The number of benzene rings is 1. The molecule has 2 rings (SSSR count). The number of amides is 1. The SMILES string of the molecule is Cc1cc(OCC2CNC(=O)O2)ccc1S(=O)(=O)Cl. The molecule has 1 unspecified atom stereocenters. The van der Waals surface area contributed by atoms with E-state index in [0.29, 0.717) is 17.9 Å². The molecule has 104 valence electrons. The molecule has 0 radical (unpaired) electrons. The van der Waals surface area contributed by atoms with Crippen LogP contribution in [0, 0.1) is 6.92 Å². The van der Waals surface area contributed by atoms with Crippen molar-refractivity contribution >= 4 is 25.8 Å². The summed E-state index contributed by atoms with van der Waals surface area (Å²) in [6, 6.07) is 4.46. The number of aryl methyl sites for hydroxylation is 1. The lowest BCUT2D eigenvalue weighted by Gasteiger charge is -2.11. The molecule has 1 N–H and O–H groups in total. The molecule has 1 fully saturated rings. The number of carbonyl (C=O) groups excluding carboxylic acids is 1. The maximum atomic E-state index is 11.2. The first-order chi connectivity index (χ1) is 8.86. The summed E-state index contributed by atoms with van der Waals surface area (Å²) >= 11 is 0. The van der Waals surface area contributed by atoms with Crippen LogP contribution in [-0.2, 0) is 13.8 Å². The Morgan fingerprint density at radius 3 is 2.79 bits per heavy atom. The van der Waals surface area contributed by atoms with Crippen LogP contribution in [0.2, 0.25) is 0 Å². The fourth-order valence-corrected chi connectivity index (χ4v) is 2.89. The zero-order chi connectivity index (χ0) is 14.0. The van der Waals surface area contributed by atoms with E-state index in [1.54, 1.807) is 13.0 Å². The van der Waals surface area contributed by atoms with Crippen molar-refractivity contribution < 1.29 is 22.7 Å². The molecule has 1 atom stereocenters. The lowest BCUT2D eigenvalue weighted by atomic mass is 10.2. The van der Waals surface area contributed by atoms with Crippen molar-refractivity contribution in [3.63, 3.8) is 0 Å². The van der Waals surface area contributed by atoms with E-state index in [4.69, 9.17) is 20.2 Å². The third kappa shape index (κ3) is 3.51. The van der Waals surface area contributed by atoms with E-state index in [2.05, 4.69) is 5.32 Å². The quantitative estimate of drug-likeness (QED) is 0.851. The average Bonchev–Trinajstić information content (AvgIpc) is 2.71. The number of rotatable bonds is 4. The minimum Gasteiger partial charge on any atom is -0.490 e. The topological polar surface area (TPSA) is 81.7 Å². The normalized spacial score (nSPS) is 18.8. The van der Waals surface area contributed by atoms with Crippen LogP contribution in [0.5, 0.6) is 5.75 Å². The molecule has 0 spiro atoms. The fraction of sp³-hybridized carbons (Fsp3) is 0.364. The van der Waals surface area contributed by atoms with E-state index in [1.165, 1.54) is 12.1 Å². The maximum Gasteiger partial charge on any atom is 0.407 e. The molecule has 0 aromatic heterocycles. The smallest absolute Gasteiger partial charge is 0.407 e. The molecule has 0 aliphatic carbocycles. The Labute approximate surface area is 115 Å². The molecule has 1 aromatic carbocycles. The first-order valence-electron chi connectivity index (χ1n) is 5.49. The molecular weight excluding hydrogens is 294 g/mol. The summed E-state index contributed by atoms with van der Waals surface area (Å²) < 4.78 is 32.8. The summed E-state index contributed by atoms with van der Waals surface area (Å²) in [5.74, 6) is 0.490. The van der Waals surface area contributed by atoms with E-state index in [1.807, 2.05) is 0 Å². The van der Waals surface area contributed by atoms with Gasteiger partial charge >= 0.3 is 6.09 Å². The van der Waals surface area contributed by atoms with Gasteiger partial charge in [0.05, 0.1) is 11.4 Å². The third-order valence-electron chi connectivity index (χ3n) is 2.59. The van der Waals surface area contributed by atoms with Gasteiger partial charge in [-0.25, -0.2) is 13.2 Å². The fourth-order valence-electron chi connectivity index (χ4n) is 1.70. The number of hydrogen-bond acceptors (Lipinski definition) is 5. The van der Waals surface area contributed by atoms with Crippen LogP contribution in [-0.4, -0.2) is 33.8 Å². The number of halogens is 1. The van der Waals surface area contributed by atoms with Crippen LogP contribution in [0.1, 0.15) is 5.56 Å². The Balaban J connectivity index is 2.02. The van der Waals surface area contributed by atoms with Gasteiger partial charge in [0.1, 0.15) is 12.4 Å². The van der Waals surface area contributed by atoms with Crippen LogP contribution >= 0.6 is 10.7 Å². The molecule has 8 heteroatoms. The third-order valence-corrected chi connectivity index (χ3v) is 4.07. The summed E-state index contributed by atoms with van der Waals surface area (Å²) in [5, 5.41) is 2.51. The highest BCUT2D eigenvalue weighted by Gasteiger charge is 2.23. The Bertz CT molecular complexity index is 601. The first-order valence-corrected chi connectivity index (χ1v) is 7.80. The van der Waals surface area contributed by atoms with Gasteiger partial charge < -0.3 is 14.8 Å². The van der Waals surface area contributed by atoms with Gasteiger partial charge in [0.15, 0.2) is 6.10 Å². The highest BCUT2D eigenvalue weighted by molar-refractivity contribution is 8.13. The highest BCUT2D eigenvalue weighted by Crippen LogP contribution is 2.24. The van der Waals surface area contributed by atoms with Crippen molar-refractivity contribution in [2.24, 2.45) is 0 Å². The first kappa shape index (κ1) is 14.0. The molecule has 6 nitrogen and oxygen atoms in total. The second-order valence-electron chi connectivity index (χ2n) is 4.08. The average molecular weight is 306 g/mol. The Morgan fingerprint density at radius 2 is 2.26 bits per heavy atom. The lowest BCUT2D eigenvalue weighted by molar-refractivity contribution is 0.105. The van der Waals surface area contributed by atoms with Crippen molar-refractivity contribution in [2.75, 3.05) is 13.2 Å². The van der Waals surface area contributed by atoms with Crippen molar-refractivity contribution in [3.05, 3.63) is 23.8 Å². The number of nitrogens with one attached hydrogen (secondary N) is 1. The number of hydrogen-bond donors (Lipinski definition) is 1. The zero-order valence-electron chi connectivity index (χ0n) is 10.1. The molecule has 1 aromatic rings. The predicted octanol–water partition coefficient (Wildman–Crippen LogP) is 1.41. The van der Waals surface area contributed by atoms with Crippen LogP contribution in [0.15, 0.2) is 23.1 Å². The monoisotopic (exact) mass is 305 g/mol. The molecule has 19 heavy (non-hydrogen) atoms. The highest BCUT2D eigenvalue weighted by atomic mass is 35.7. The number of alkyl carbamates (subject to hydrolysis) is 1. The van der Waals surface area contributed by atoms with E-state index in [0.717, 1.165) is 0 Å². The predicted molar refractivity (Wildman–Crippen MR) is 68.0 cm³/mol. The summed E-state index contributed by atoms with van der Waals surface area (Å²) in [6.07, 6.45) is -0.808. The molecule has 0 saturated carbocycles. The summed E-state index contributed by atoms with van der Waals surface area (Å²) in [6.45, 7) is 2.22. The van der Waals surface area contributed by atoms with Gasteiger partial charge in [0, 0.05) is 10.7 Å². The van der Waals surface area contributed by atoms with E-state index >= 15 is 0 Å². The summed E-state index contributed by atoms with van der Waals surface area (Å²) in [7, 11) is 1.53. The van der Waals surface area contributed by atoms with Gasteiger partial charge in [-0.05, 0) is 30.7 Å². The Hall–Kier alpha value is -1.47. The van der Waals surface area contributed by atoms with Gasteiger partial charge in [-0.15, -0.1) is 0 Å². The van der Waals surface area contributed by atoms with Crippen LogP contribution < -0.4 is 10.1 Å². The second kappa shape index (κ2) is 5.26. The van der Waals surface area contributed by atoms with Gasteiger partial charge in [-0.3, -0.25) is 0 Å². The zero-order valence-corrected chi connectivity index (χ0v) is 11.6. The van der Waals surface area contributed by atoms with Crippen molar-refractivity contribution in [1.29, 1.82) is 0 Å². The second-order valence-corrected chi connectivity index (χ2v) is 6.62. The van der Waals surface area contributed by atoms with Crippen molar-refractivity contribution in [2.45, 2.75) is 17.9 Å². The lowest BCUT2D eigenvalue weighted by Crippen LogP contribution is -2.22. The van der Waals surface area contributed by atoms with Gasteiger partial charge in [-0.1, -0.05) is 0 Å². The molecule has 1 saturated heterocycles. The Morgan fingerprint density at radius 1 is 1.53 bits per heavy atom. The molecule has 1 aliphatic rings. The molecule has 1 amide bonds. The Kier molecular flexibility index (Phi) is 3.86. The van der Waals surface area contributed by atoms with Crippen LogP contribution in [0.25, 0.3) is 0 Å². The number of ether oxygens (including phenoxy) is 2. The van der Waals surface area contributed by atoms with E-state index in [9.17, 15) is 13.2 Å². The van der Waals surface area contributed by atoms with Crippen LogP contribution in [0.3, 0.4) is 0 Å². The molecular formula is C11H12ClNO5S. The standard InChI is InChI=1S/C11H12ClNO5S/c1-7-4-8(2-3-10(7)19(12,15)16)17-6-9-5-13-11(14)18-9/h2-4,9H,5-6H2,1H3,(H,13,14). The van der Waals surface area contributed by atoms with E-state index < -0.39 is 15.1 Å². The van der Waals surface area contributed by atoms with Gasteiger partial charge in [0.25, 0.3) is 9.05 Å². The number of carbonyl (C=O) groups is 1. The summed E-state index contributed by atoms with van der Waals surface area (Å²) in [4.78, 5) is 10.9. The molecule has 1 aliphatic heterocycles. The maximum absolute atomic E-state index is 11.2. The van der Waals surface area contributed by atoms with Gasteiger partial charge in [-0.2, -0.15) is 0 Å². The largest absolute Gasteiger partial charge is 0.490 e. The van der Waals surface area contributed by atoms with E-state index in [-0.39, 0.29) is 17.6 Å². The molecule has 0 bridgehead atoms.